The average molecular weight is 258 g/mol. The van der Waals surface area contributed by atoms with E-state index in [1.807, 2.05) is 31.3 Å². The summed E-state index contributed by atoms with van der Waals surface area (Å²) in [6, 6.07) is 5.92. The number of allylic oxidation sites excluding steroid dienone is 1. The zero-order chi connectivity index (χ0) is 13.8. The van der Waals surface area contributed by atoms with Gasteiger partial charge in [0.2, 0.25) is 0 Å². The minimum atomic E-state index is -0.163. The number of hydrogen-bond donors (Lipinski definition) is 2. The van der Waals surface area contributed by atoms with Gasteiger partial charge in [-0.25, -0.2) is 4.79 Å². The normalized spacial score (nSPS) is 15.2. The van der Waals surface area contributed by atoms with Crippen molar-refractivity contribution in [3.05, 3.63) is 41.1 Å². The summed E-state index contributed by atoms with van der Waals surface area (Å²) in [5.74, 6) is 0.685. The second-order valence-electron chi connectivity index (χ2n) is 5.22. The number of urea groups is 1. The van der Waals surface area contributed by atoms with Crippen molar-refractivity contribution in [2.75, 3.05) is 5.32 Å². The molecular formula is C16H22N2O. The first kappa shape index (κ1) is 13.7. The first-order valence-electron chi connectivity index (χ1n) is 6.94. The number of hydrogen-bond acceptors (Lipinski definition) is 1. The monoisotopic (exact) mass is 258 g/mol. The van der Waals surface area contributed by atoms with Crippen molar-refractivity contribution in [3.8, 4) is 0 Å². The van der Waals surface area contributed by atoms with Gasteiger partial charge in [-0.3, -0.25) is 0 Å². The molecule has 0 atom stereocenters. The van der Waals surface area contributed by atoms with E-state index in [0.29, 0.717) is 5.92 Å². The van der Waals surface area contributed by atoms with Crippen LogP contribution in [0.2, 0.25) is 0 Å². The SMILES string of the molecule is CCc1cccc(C)c1NC(=O)N/C=C(\C)C1CC1. The van der Waals surface area contributed by atoms with Gasteiger partial charge in [-0.1, -0.05) is 30.7 Å². The van der Waals surface area contributed by atoms with E-state index in [-0.39, 0.29) is 6.03 Å². The molecule has 1 fully saturated rings. The lowest BCUT2D eigenvalue weighted by Gasteiger charge is -2.12. The summed E-state index contributed by atoms with van der Waals surface area (Å²) < 4.78 is 0. The van der Waals surface area contributed by atoms with Crippen LogP contribution in [0.1, 0.15) is 37.8 Å². The Balaban J connectivity index is 2.00. The van der Waals surface area contributed by atoms with Gasteiger partial charge in [-0.15, -0.1) is 0 Å². The number of rotatable bonds is 4. The highest BCUT2D eigenvalue weighted by molar-refractivity contribution is 5.91. The predicted molar refractivity (Wildman–Crippen MR) is 79.2 cm³/mol. The second-order valence-corrected chi connectivity index (χ2v) is 5.22. The van der Waals surface area contributed by atoms with Crippen LogP contribution in [0.25, 0.3) is 0 Å². The Hall–Kier alpha value is -1.77. The third kappa shape index (κ3) is 3.60. The summed E-state index contributed by atoms with van der Waals surface area (Å²) in [6.45, 7) is 6.18. The molecule has 0 saturated heterocycles. The number of amides is 2. The highest BCUT2D eigenvalue weighted by Crippen LogP contribution is 2.35. The van der Waals surface area contributed by atoms with E-state index in [1.54, 1.807) is 0 Å². The fraction of sp³-hybridized carbons (Fsp3) is 0.438. The van der Waals surface area contributed by atoms with Gasteiger partial charge in [0, 0.05) is 11.9 Å². The lowest BCUT2D eigenvalue weighted by Crippen LogP contribution is -2.25. The topological polar surface area (TPSA) is 41.1 Å². The van der Waals surface area contributed by atoms with Gasteiger partial charge in [-0.2, -0.15) is 0 Å². The highest BCUT2D eigenvalue weighted by Gasteiger charge is 2.22. The van der Waals surface area contributed by atoms with Gasteiger partial charge in [-0.05, 0) is 50.2 Å². The maximum absolute atomic E-state index is 11.9. The van der Waals surface area contributed by atoms with Gasteiger partial charge in [0.05, 0.1) is 0 Å². The molecule has 1 saturated carbocycles. The molecule has 1 aliphatic rings. The lowest BCUT2D eigenvalue weighted by molar-refractivity contribution is 0.255. The minimum Gasteiger partial charge on any atom is -0.314 e. The molecule has 19 heavy (non-hydrogen) atoms. The molecule has 3 heteroatoms. The zero-order valence-corrected chi connectivity index (χ0v) is 11.9. The Morgan fingerprint density at radius 1 is 1.42 bits per heavy atom. The maximum Gasteiger partial charge on any atom is 0.323 e. The Morgan fingerprint density at radius 3 is 2.79 bits per heavy atom. The Morgan fingerprint density at radius 2 is 2.16 bits per heavy atom. The molecule has 1 aromatic rings. The summed E-state index contributed by atoms with van der Waals surface area (Å²) in [4.78, 5) is 11.9. The number of carbonyl (C=O) groups excluding carboxylic acids is 1. The van der Waals surface area contributed by atoms with Crippen LogP contribution in [0.15, 0.2) is 30.0 Å². The Kier molecular flexibility index (Phi) is 4.25. The third-order valence-corrected chi connectivity index (χ3v) is 3.63. The molecule has 0 unspecified atom stereocenters. The zero-order valence-electron chi connectivity index (χ0n) is 11.9. The molecular weight excluding hydrogens is 236 g/mol. The molecule has 0 aromatic heterocycles. The molecule has 0 heterocycles. The molecule has 0 spiro atoms. The molecule has 2 rings (SSSR count). The smallest absolute Gasteiger partial charge is 0.314 e. The van der Waals surface area contributed by atoms with Crippen molar-refractivity contribution >= 4 is 11.7 Å². The first-order chi connectivity index (χ1) is 9.11. The van der Waals surface area contributed by atoms with Crippen LogP contribution in [0, 0.1) is 12.8 Å². The Labute approximate surface area is 115 Å². The standard InChI is InChI=1S/C16H22N2O/c1-4-13-7-5-6-11(2)15(13)18-16(19)17-10-12(3)14-8-9-14/h5-7,10,14H,4,8-9H2,1-3H3,(H2,17,18,19)/b12-10+. The van der Waals surface area contributed by atoms with Crippen molar-refractivity contribution < 1.29 is 4.79 Å². The molecule has 0 radical (unpaired) electrons. The lowest BCUT2D eigenvalue weighted by atomic mass is 10.1. The summed E-state index contributed by atoms with van der Waals surface area (Å²) in [5.41, 5.74) is 4.45. The van der Waals surface area contributed by atoms with Crippen LogP contribution in [-0.4, -0.2) is 6.03 Å². The predicted octanol–water partition coefficient (Wildman–Crippen LogP) is 3.99. The van der Waals surface area contributed by atoms with Crippen molar-refractivity contribution in [1.29, 1.82) is 0 Å². The van der Waals surface area contributed by atoms with E-state index < -0.39 is 0 Å². The van der Waals surface area contributed by atoms with E-state index in [0.717, 1.165) is 23.2 Å². The molecule has 2 N–H and O–H groups in total. The largest absolute Gasteiger partial charge is 0.323 e. The van der Waals surface area contributed by atoms with Crippen LogP contribution in [0.5, 0.6) is 0 Å². The number of anilines is 1. The van der Waals surface area contributed by atoms with Gasteiger partial charge in [0.1, 0.15) is 0 Å². The third-order valence-electron chi connectivity index (χ3n) is 3.63. The van der Waals surface area contributed by atoms with Crippen LogP contribution in [-0.2, 0) is 6.42 Å². The second kappa shape index (κ2) is 5.91. The van der Waals surface area contributed by atoms with Gasteiger partial charge < -0.3 is 10.6 Å². The van der Waals surface area contributed by atoms with Crippen LogP contribution in [0.3, 0.4) is 0 Å². The quantitative estimate of drug-likeness (QED) is 0.842. The summed E-state index contributed by atoms with van der Waals surface area (Å²) in [6.07, 6.45) is 5.25. The van der Waals surface area contributed by atoms with E-state index in [9.17, 15) is 4.79 Å². The van der Waals surface area contributed by atoms with Gasteiger partial charge in [0.25, 0.3) is 0 Å². The molecule has 1 aliphatic carbocycles. The number of aryl methyl sites for hydroxylation is 2. The van der Waals surface area contributed by atoms with Gasteiger partial charge >= 0.3 is 6.03 Å². The Bertz CT molecular complexity index is 501. The minimum absolute atomic E-state index is 0.163. The van der Waals surface area contributed by atoms with E-state index >= 15 is 0 Å². The van der Waals surface area contributed by atoms with Crippen molar-refractivity contribution in [3.63, 3.8) is 0 Å². The van der Waals surface area contributed by atoms with Crippen molar-refractivity contribution in [1.82, 2.24) is 5.32 Å². The first-order valence-corrected chi connectivity index (χ1v) is 6.94. The van der Waals surface area contributed by atoms with Crippen molar-refractivity contribution in [2.24, 2.45) is 5.92 Å². The van der Waals surface area contributed by atoms with Gasteiger partial charge in [0.15, 0.2) is 0 Å². The highest BCUT2D eigenvalue weighted by atomic mass is 16.2. The van der Waals surface area contributed by atoms with Crippen LogP contribution in [0.4, 0.5) is 10.5 Å². The molecule has 0 bridgehead atoms. The van der Waals surface area contributed by atoms with Crippen LogP contribution >= 0.6 is 0 Å². The number of para-hydroxylation sites is 1. The summed E-state index contributed by atoms with van der Waals surface area (Å²) in [7, 11) is 0. The molecule has 1 aromatic carbocycles. The van der Waals surface area contributed by atoms with Crippen LogP contribution < -0.4 is 10.6 Å². The fourth-order valence-electron chi connectivity index (χ4n) is 2.19. The molecule has 2 amide bonds. The number of carbonyl (C=O) groups is 1. The van der Waals surface area contributed by atoms with E-state index in [4.69, 9.17) is 0 Å². The molecule has 0 aliphatic heterocycles. The maximum atomic E-state index is 11.9. The average Bonchev–Trinajstić information content (AvgIpc) is 3.22. The fourth-order valence-corrected chi connectivity index (χ4v) is 2.19. The van der Waals surface area contributed by atoms with E-state index in [1.165, 1.54) is 18.4 Å². The van der Waals surface area contributed by atoms with Crippen molar-refractivity contribution in [2.45, 2.75) is 40.0 Å². The molecule has 102 valence electrons. The summed E-state index contributed by atoms with van der Waals surface area (Å²) in [5, 5.41) is 5.77. The molecule has 3 nitrogen and oxygen atoms in total. The van der Waals surface area contributed by atoms with E-state index in [2.05, 4.69) is 24.5 Å². The number of nitrogens with one attached hydrogen (secondary N) is 2. The summed E-state index contributed by atoms with van der Waals surface area (Å²) >= 11 is 0. The number of benzene rings is 1.